The smallest absolute Gasteiger partial charge is 0.415 e. The molecule has 0 spiro atoms. The van der Waals surface area contributed by atoms with Gasteiger partial charge in [-0.3, -0.25) is 10.1 Å². The Balaban J connectivity index is 0.00000104. The number of fused-ring (bicyclic) bond motifs is 2. The Hall–Kier alpha value is -4.86. The second kappa shape index (κ2) is 50.2. The van der Waals surface area contributed by atoms with Gasteiger partial charge in [-0.05, 0) is 129 Å². The lowest BCUT2D eigenvalue weighted by atomic mass is 9.90. The number of hydrogen-bond donors (Lipinski definition) is 0. The Bertz CT molecular complexity index is 2170. The van der Waals surface area contributed by atoms with Crippen molar-refractivity contribution in [2.24, 2.45) is 23.7 Å². The Morgan fingerprint density at radius 1 is 0.424 bits per heavy atom. The average molecular weight is 1260 g/mol. The van der Waals surface area contributed by atoms with Crippen LogP contribution in [-0.2, 0) is 59.6 Å². The average Bonchev–Trinajstić information content (AvgIpc) is 4.38. The lowest BCUT2D eigenvalue weighted by Gasteiger charge is -2.22. The van der Waals surface area contributed by atoms with E-state index in [9.17, 15) is 37.7 Å². The quantitative estimate of drug-likeness (QED) is 0.0202. The minimum atomic E-state index is -3.93. The van der Waals surface area contributed by atoms with Crippen molar-refractivity contribution in [1.29, 1.82) is 0 Å². The molecule has 0 aliphatic heterocycles. The van der Waals surface area contributed by atoms with Crippen LogP contribution in [0.1, 0.15) is 141 Å². The SMILES string of the molecule is CC.CC.CC.CC.CC.CC.O=C(OCC1CC2CCC1C2)C(F)(F)SOO[O-].O=C(OCC1CCCCC1)C(F)(F)SOO[O-].c1ccc([S+](c2ccccc2)c2ccccc2)cc1.c1ccc([S+](c2ccccc2)c2ccccc2)cc1. The first-order valence-corrected chi connectivity index (χ1v) is 33.6. The molecule has 0 aromatic heterocycles. The molecule has 0 heterocycles. The van der Waals surface area contributed by atoms with Crippen LogP contribution in [0.15, 0.2) is 211 Å². The highest BCUT2D eigenvalue weighted by Crippen LogP contribution is 2.48. The maximum absolute atomic E-state index is 13.0. The molecular formula is C67H92F4O10S4. The van der Waals surface area contributed by atoms with Gasteiger partial charge in [0.1, 0.15) is 24.1 Å². The van der Waals surface area contributed by atoms with Crippen molar-refractivity contribution in [2.75, 3.05) is 13.2 Å². The summed E-state index contributed by atoms with van der Waals surface area (Å²) in [5.74, 6) is -1.94. The van der Waals surface area contributed by atoms with Gasteiger partial charge in [-0.2, -0.15) is 26.2 Å². The molecule has 0 N–H and O–H groups in total. The van der Waals surface area contributed by atoms with E-state index in [1.807, 2.05) is 83.1 Å². The Morgan fingerprint density at radius 3 is 0.953 bits per heavy atom. The monoisotopic (exact) mass is 1260 g/mol. The minimum Gasteiger partial charge on any atom is -0.691 e. The van der Waals surface area contributed by atoms with E-state index in [0.29, 0.717) is 11.8 Å². The number of hydrogen-bond acceptors (Lipinski definition) is 12. The zero-order valence-electron chi connectivity index (χ0n) is 51.6. The summed E-state index contributed by atoms with van der Waals surface area (Å²) in [6.45, 7) is 24.0. The van der Waals surface area contributed by atoms with Crippen LogP contribution in [0, 0.1) is 23.7 Å². The van der Waals surface area contributed by atoms with E-state index in [1.54, 1.807) is 0 Å². The van der Waals surface area contributed by atoms with Crippen LogP contribution >= 0.6 is 24.1 Å². The third-order valence-corrected chi connectivity index (χ3v) is 17.6. The molecule has 0 amide bonds. The molecule has 472 valence electrons. The largest absolute Gasteiger partial charge is 0.691 e. The Kier molecular flexibility index (Phi) is 47.3. The molecule has 10 nitrogen and oxygen atoms in total. The van der Waals surface area contributed by atoms with Gasteiger partial charge in [0.15, 0.2) is 29.4 Å². The van der Waals surface area contributed by atoms with Gasteiger partial charge in [0, 0.05) is 0 Å². The molecule has 3 aliphatic carbocycles. The number of halogens is 4. The predicted octanol–water partition coefficient (Wildman–Crippen LogP) is 18.7. The van der Waals surface area contributed by atoms with Crippen LogP contribution < -0.4 is 10.5 Å². The van der Waals surface area contributed by atoms with Gasteiger partial charge in [0.2, 0.25) is 0 Å². The fraction of sp³-hybridized carbons (Fsp3) is 0.433. The lowest BCUT2D eigenvalue weighted by Crippen LogP contribution is -2.30. The number of benzene rings is 6. The molecule has 9 rings (SSSR count). The van der Waals surface area contributed by atoms with Gasteiger partial charge >= 0.3 is 22.4 Å². The van der Waals surface area contributed by atoms with Crippen LogP contribution in [0.25, 0.3) is 0 Å². The predicted molar refractivity (Wildman–Crippen MR) is 338 cm³/mol. The number of esters is 2. The molecule has 18 heteroatoms. The summed E-state index contributed by atoms with van der Waals surface area (Å²) >= 11 is -1.33. The maximum Gasteiger partial charge on any atom is 0.415 e. The van der Waals surface area contributed by atoms with E-state index in [-0.39, 0.29) is 46.8 Å². The molecule has 3 saturated carbocycles. The number of alkyl halides is 4. The Morgan fingerprint density at radius 2 is 0.706 bits per heavy atom. The number of ether oxygens (including phenoxy) is 2. The van der Waals surface area contributed by atoms with Crippen LogP contribution in [0.2, 0.25) is 0 Å². The van der Waals surface area contributed by atoms with Crippen molar-refractivity contribution in [3.63, 3.8) is 0 Å². The highest BCUT2D eigenvalue weighted by atomic mass is 32.2. The highest BCUT2D eigenvalue weighted by molar-refractivity contribution is 7.97. The third kappa shape index (κ3) is 30.6. The molecule has 85 heavy (non-hydrogen) atoms. The fourth-order valence-electron chi connectivity index (χ4n) is 8.82. The number of rotatable bonds is 18. The summed E-state index contributed by atoms with van der Waals surface area (Å²) in [4.78, 5) is 30.3. The van der Waals surface area contributed by atoms with Gasteiger partial charge < -0.3 is 20.0 Å². The van der Waals surface area contributed by atoms with Crippen LogP contribution in [-0.4, -0.2) is 35.7 Å². The van der Waals surface area contributed by atoms with E-state index in [4.69, 9.17) is 0 Å². The number of carbonyl (C=O) groups is 2. The van der Waals surface area contributed by atoms with Gasteiger partial charge in [-0.15, -0.1) is 0 Å². The normalized spacial score (nSPS) is 15.3. The van der Waals surface area contributed by atoms with Crippen molar-refractivity contribution in [1.82, 2.24) is 0 Å². The van der Waals surface area contributed by atoms with E-state index >= 15 is 0 Å². The van der Waals surface area contributed by atoms with Gasteiger partial charge in [-0.25, -0.2) is 9.59 Å². The van der Waals surface area contributed by atoms with E-state index in [1.165, 1.54) is 35.8 Å². The van der Waals surface area contributed by atoms with Crippen molar-refractivity contribution in [2.45, 2.75) is 181 Å². The topological polar surface area (TPSA) is 136 Å². The zero-order valence-corrected chi connectivity index (χ0v) is 54.9. The molecule has 0 radical (unpaired) electrons. The minimum absolute atomic E-state index is 0.00832. The zero-order chi connectivity index (χ0) is 63.7. The second-order valence-corrected chi connectivity index (χ2v) is 22.8. The Labute approximate surface area is 520 Å². The molecule has 6 aromatic carbocycles. The number of carbonyl (C=O) groups excluding carboxylic acids is 2. The van der Waals surface area contributed by atoms with Gasteiger partial charge in [0.05, 0.1) is 35.0 Å². The standard InChI is InChI=1S/2C18H15S.C10H14F2O5S.C9H14F2O5S.6C2H6/c2*1-4-10-16(11-5-1)19(17-12-6-2-7-13-17)18-14-8-3-9-15-18;11-10(12,18-17-16-14)9(13)15-5-8-4-6-1-2-7(8)3-6;10-9(11,17-16-15-13)8(12)14-6-7-4-2-1-3-5-7;6*1-2/h2*1-15H;6-8,14H,1-5H2;7,13H,1-6H2;6*1-2H3/q2*+1;;;;;;;;/p-2. The first-order valence-electron chi connectivity index (χ1n) is 29.7. The van der Waals surface area contributed by atoms with E-state index in [2.05, 4.69) is 210 Å². The summed E-state index contributed by atoms with van der Waals surface area (Å²) in [6, 6.07) is 64.3. The summed E-state index contributed by atoms with van der Waals surface area (Å²) < 4.78 is 67.8. The van der Waals surface area contributed by atoms with E-state index < -0.39 is 46.5 Å². The van der Waals surface area contributed by atoms with Crippen LogP contribution in [0.4, 0.5) is 17.6 Å². The van der Waals surface area contributed by atoms with Crippen molar-refractivity contribution in [3.05, 3.63) is 182 Å². The maximum atomic E-state index is 13.0. The van der Waals surface area contributed by atoms with Crippen molar-refractivity contribution >= 4 is 57.8 Å². The van der Waals surface area contributed by atoms with Crippen molar-refractivity contribution < 1.29 is 65.9 Å². The summed E-state index contributed by atoms with van der Waals surface area (Å²) in [7, 11) is -0.0293. The molecule has 3 fully saturated rings. The van der Waals surface area contributed by atoms with Crippen molar-refractivity contribution in [3.8, 4) is 0 Å². The summed E-state index contributed by atoms with van der Waals surface area (Å²) in [5.41, 5.74) is 0. The molecule has 3 aliphatic rings. The van der Waals surface area contributed by atoms with Gasteiger partial charge in [-0.1, -0.05) is 218 Å². The fourth-order valence-corrected chi connectivity index (χ4v) is 13.5. The van der Waals surface area contributed by atoms with E-state index in [0.717, 1.165) is 51.4 Å². The molecule has 2 bridgehead atoms. The van der Waals surface area contributed by atoms with Crippen LogP contribution in [0.5, 0.6) is 0 Å². The molecule has 3 atom stereocenters. The second-order valence-electron chi connectivity index (χ2n) is 17.1. The van der Waals surface area contributed by atoms with Crippen LogP contribution in [0.3, 0.4) is 0 Å². The summed E-state index contributed by atoms with van der Waals surface area (Å²) in [6.07, 6.45) is 9.28. The highest BCUT2D eigenvalue weighted by Gasteiger charge is 2.46. The lowest BCUT2D eigenvalue weighted by molar-refractivity contribution is -0.777. The molecule has 3 unspecified atom stereocenters. The first kappa shape index (κ1) is 80.1. The molecular weight excluding hydrogens is 1170 g/mol. The molecule has 0 saturated heterocycles. The first-order chi connectivity index (χ1) is 41.5. The van der Waals surface area contributed by atoms with Gasteiger partial charge in [0.25, 0.3) is 0 Å². The molecule has 6 aromatic rings. The summed E-state index contributed by atoms with van der Waals surface area (Å²) in [5, 5.41) is 16.5. The third-order valence-electron chi connectivity index (χ3n) is 12.2.